The summed E-state index contributed by atoms with van der Waals surface area (Å²) in [6, 6.07) is 0.850. The zero-order valence-corrected chi connectivity index (χ0v) is 24.2. The molecular formula is C23H51NO6Si2. The van der Waals surface area contributed by atoms with E-state index in [9.17, 15) is 9.90 Å². The lowest BCUT2D eigenvalue weighted by molar-refractivity contribution is -0.145. The zero-order valence-electron chi connectivity index (χ0n) is 22.2. The monoisotopic (exact) mass is 493 g/mol. The van der Waals surface area contributed by atoms with Crippen molar-refractivity contribution >= 4 is 23.1 Å². The first-order chi connectivity index (χ1) is 15.0. The fourth-order valence-corrected chi connectivity index (χ4v) is 12.2. The lowest BCUT2D eigenvalue weighted by Crippen LogP contribution is -2.53. The Kier molecular flexibility index (Phi) is 16.2. The number of rotatable bonds is 20. The van der Waals surface area contributed by atoms with Gasteiger partial charge in [0.1, 0.15) is 0 Å². The maximum absolute atomic E-state index is 11.9. The van der Waals surface area contributed by atoms with Gasteiger partial charge in [-0.25, -0.2) is 4.79 Å². The van der Waals surface area contributed by atoms with E-state index in [4.69, 9.17) is 17.7 Å². The molecule has 192 valence electrons. The molecule has 0 spiro atoms. The second-order valence-electron chi connectivity index (χ2n) is 9.63. The summed E-state index contributed by atoms with van der Waals surface area (Å²) < 4.78 is 22.8. The topological polar surface area (TPSA) is 86.3 Å². The molecule has 32 heavy (non-hydrogen) atoms. The van der Waals surface area contributed by atoms with Gasteiger partial charge >= 0.3 is 14.8 Å². The quantitative estimate of drug-likeness (QED) is 0.172. The van der Waals surface area contributed by atoms with Gasteiger partial charge in [0.25, 0.3) is 0 Å². The van der Waals surface area contributed by atoms with Crippen LogP contribution >= 0.6 is 0 Å². The normalized spacial score (nSPS) is 14.0. The molecule has 2 N–H and O–H groups in total. The molecule has 1 atom stereocenters. The zero-order chi connectivity index (χ0) is 24.8. The predicted molar refractivity (Wildman–Crippen MR) is 136 cm³/mol. The summed E-state index contributed by atoms with van der Waals surface area (Å²) in [5, 5.41) is 13.1. The van der Waals surface area contributed by atoms with Gasteiger partial charge in [0.2, 0.25) is 8.32 Å². The van der Waals surface area contributed by atoms with Gasteiger partial charge < -0.3 is 28.1 Å². The average Bonchev–Trinajstić information content (AvgIpc) is 2.73. The van der Waals surface area contributed by atoms with Gasteiger partial charge in [-0.2, -0.15) is 0 Å². The Morgan fingerprint density at radius 3 is 1.62 bits per heavy atom. The molecule has 0 saturated heterocycles. The van der Waals surface area contributed by atoms with E-state index in [1.165, 1.54) is 12.8 Å². The van der Waals surface area contributed by atoms with E-state index in [2.05, 4.69) is 46.9 Å². The summed E-state index contributed by atoms with van der Waals surface area (Å²) in [7, 11) is 0.323. The van der Waals surface area contributed by atoms with Crippen LogP contribution in [0.15, 0.2) is 0 Å². The molecule has 1 unspecified atom stereocenters. The molecule has 0 amide bonds. The smallest absolute Gasteiger partial charge is 0.479 e. The molecule has 0 aliphatic rings. The van der Waals surface area contributed by atoms with Gasteiger partial charge in [0.05, 0.1) is 0 Å². The fraction of sp³-hybridized carbons (Fsp3) is 0.957. The van der Waals surface area contributed by atoms with Crippen LogP contribution in [0.2, 0.25) is 22.7 Å². The van der Waals surface area contributed by atoms with Crippen LogP contribution in [-0.2, 0) is 22.5 Å². The molecule has 0 radical (unpaired) electrons. The van der Waals surface area contributed by atoms with Gasteiger partial charge in [-0.3, -0.25) is 0 Å². The maximum Gasteiger partial charge on any atom is 0.500 e. The second kappa shape index (κ2) is 16.4. The van der Waals surface area contributed by atoms with Crippen LogP contribution in [-0.4, -0.2) is 68.7 Å². The molecule has 0 saturated carbocycles. The summed E-state index contributed by atoms with van der Waals surface area (Å²) in [4.78, 5) is 11.9. The van der Waals surface area contributed by atoms with Crippen molar-refractivity contribution in [3.8, 4) is 0 Å². The summed E-state index contributed by atoms with van der Waals surface area (Å²) >= 11 is 0. The molecule has 0 bridgehead atoms. The highest BCUT2D eigenvalue weighted by molar-refractivity contribution is 6.77. The predicted octanol–water partition coefficient (Wildman–Crippen LogP) is 5.44. The third-order valence-corrected chi connectivity index (χ3v) is 15.6. The molecule has 0 aromatic heterocycles. The number of unbranched alkanes of at least 4 members (excludes halogenated alkanes) is 5. The molecule has 0 heterocycles. The first-order valence-corrected chi connectivity index (χ1v) is 16.4. The summed E-state index contributed by atoms with van der Waals surface area (Å²) in [5.41, 5.74) is 1.11. The molecule has 0 aromatic carbocycles. The average molecular weight is 494 g/mol. The lowest BCUT2D eigenvalue weighted by Gasteiger charge is -2.43. The Labute approximate surface area is 199 Å². The van der Waals surface area contributed by atoms with Crippen LogP contribution in [0.1, 0.15) is 80.1 Å². The molecular weight excluding hydrogens is 442 g/mol. The Morgan fingerprint density at radius 1 is 0.781 bits per heavy atom. The molecule has 0 aliphatic carbocycles. The van der Waals surface area contributed by atoms with Crippen molar-refractivity contribution in [3.63, 3.8) is 0 Å². The van der Waals surface area contributed by atoms with E-state index in [1.54, 1.807) is 21.3 Å². The number of nitrogens with one attached hydrogen (secondary N) is 1. The largest absolute Gasteiger partial charge is 0.500 e. The van der Waals surface area contributed by atoms with Gasteiger partial charge in [0.15, 0.2) is 6.10 Å². The standard InChI is InChI=1S/C23H51NO6Si2/c1-19(2)32(20(3)4,21(5)6)30-22(23(25)26)18-24-16-14-12-10-11-13-15-17-31(27-7,28-8)29-9/h19-22,24H,10-18H2,1-9H3,(H,25,26). The van der Waals surface area contributed by atoms with E-state index >= 15 is 0 Å². The van der Waals surface area contributed by atoms with E-state index in [0.29, 0.717) is 23.2 Å². The minimum atomic E-state index is -2.43. The summed E-state index contributed by atoms with van der Waals surface area (Å²) in [5.74, 6) is -0.862. The van der Waals surface area contributed by atoms with E-state index in [1.807, 2.05) is 0 Å². The van der Waals surface area contributed by atoms with Crippen LogP contribution in [0, 0.1) is 0 Å². The van der Waals surface area contributed by atoms with Crippen molar-refractivity contribution in [2.24, 2.45) is 0 Å². The third kappa shape index (κ3) is 9.91. The van der Waals surface area contributed by atoms with Gasteiger partial charge in [-0.1, -0.05) is 67.2 Å². The number of aliphatic carboxylic acids is 1. The van der Waals surface area contributed by atoms with Crippen LogP contribution in [0.3, 0.4) is 0 Å². The van der Waals surface area contributed by atoms with Crippen molar-refractivity contribution < 1.29 is 27.6 Å². The third-order valence-electron chi connectivity index (χ3n) is 6.68. The van der Waals surface area contributed by atoms with Crippen LogP contribution in [0.4, 0.5) is 0 Å². The summed E-state index contributed by atoms with van der Waals surface area (Å²) in [6.07, 6.45) is 5.93. The number of carboxylic acids is 1. The maximum atomic E-state index is 11.9. The van der Waals surface area contributed by atoms with Crippen molar-refractivity contribution in [1.82, 2.24) is 5.32 Å². The van der Waals surface area contributed by atoms with Crippen molar-refractivity contribution in [3.05, 3.63) is 0 Å². The first-order valence-electron chi connectivity index (χ1n) is 12.3. The van der Waals surface area contributed by atoms with Crippen LogP contribution in [0.5, 0.6) is 0 Å². The molecule has 0 fully saturated rings. The van der Waals surface area contributed by atoms with Crippen molar-refractivity contribution in [2.75, 3.05) is 34.4 Å². The van der Waals surface area contributed by atoms with Gasteiger partial charge in [-0.15, -0.1) is 0 Å². The van der Waals surface area contributed by atoms with E-state index < -0.39 is 29.2 Å². The lowest BCUT2D eigenvalue weighted by atomic mass is 10.1. The second-order valence-corrected chi connectivity index (χ2v) is 18.1. The Bertz CT molecular complexity index is 471. The highest BCUT2D eigenvalue weighted by Crippen LogP contribution is 2.43. The molecule has 0 aliphatic heterocycles. The van der Waals surface area contributed by atoms with E-state index in [0.717, 1.165) is 38.3 Å². The number of carboxylic acid groups (broad SMARTS) is 1. The van der Waals surface area contributed by atoms with Crippen molar-refractivity contribution in [2.45, 2.75) is 109 Å². The Morgan fingerprint density at radius 2 is 1.22 bits per heavy atom. The molecule has 9 heteroatoms. The first kappa shape index (κ1) is 31.7. The fourth-order valence-electron chi connectivity index (χ4n) is 4.92. The minimum Gasteiger partial charge on any atom is -0.479 e. The highest BCUT2D eigenvalue weighted by atomic mass is 28.4. The summed E-state index contributed by atoms with van der Waals surface area (Å²) in [6.45, 7) is 14.3. The molecule has 0 aromatic rings. The SMILES string of the molecule is CO[Si](CCCCCCCCNCC(O[Si](C(C)C)(C(C)C)C(C)C)C(=O)O)(OC)OC. The van der Waals surface area contributed by atoms with E-state index in [-0.39, 0.29) is 0 Å². The van der Waals surface area contributed by atoms with Crippen LogP contribution in [0.25, 0.3) is 0 Å². The van der Waals surface area contributed by atoms with Gasteiger partial charge in [-0.05, 0) is 36.0 Å². The Hall–Kier alpha value is -0.296. The molecule has 7 nitrogen and oxygen atoms in total. The minimum absolute atomic E-state index is 0.369. The highest BCUT2D eigenvalue weighted by Gasteiger charge is 2.47. The van der Waals surface area contributed by atoms with Crippen LogP contribution < -0.4 is 5.32 Å². The van der Waals surface area contributed by atoms with Crippen molar-refractivity contribution in [1.29, 1.82) is 0 Å². The number of hydrogen-bond donors (Lipinski definition) is 2. The number of carbonyl (C=O) groups is 1. The van der Waals surface area contributed by atoms with Gasteiger partial charge in [0, 0.05) is 33.9 Å². The number of hydrogen-bond acceptors (Lipinski definition) is 6. The Balaban J connectivity index is 4.27. The molecule has 0 rings (SSSR count).